The van der Waals surface area contributed by atoms with Crippen LogP contribution in [0.5, 0.6) is 0 Å². The van der Waals surface area contributed by atoms with Crippen molar-refractivity contribution in [3.8, 4) is 0 Å². The SMILES string of the molecule is C=CC[C@@H](F)[C@@H](O)CS(=O)(=O)c1ccc(C)cc1. The maximum Gasteiger partial charge on any atom is 0.181 e. The summed E-state index contributed by atoms with van der Waals surface area (Å²) in [5, 5.41) is 9.50. The summed E-state index contributed by atoms with van der Waals surface area (Å²) >= 11 is 0. The third kappa shape index (κ3) is 3.92. The number of benzene rings is 1. The van der Waals surface area contributed by atoms with Gasteiger partial charge in [0.25, 0.3) is 0 Å². The lowest BCUT2D eigenvalue weighted by Gasteiger charge is -2.14. The molecule has 100 valence electrons. The van der Waals surface area contributed by atoms with Crippen LogP contribution in [-0.2, 0) is 9.84 Å². The monoisotopic (exact) mass is 272 g/mol. The molecule has 5 heteroatoms. The Hall–Kier alpha value is -1.20. The lowest BCUT2D eigenvalue weighted by atomic mass is 10.2. The molecule has 3 nitrogen and oxygen atoms in total. The fourth-order valence-corrected chi connectivity index (χ4v) is 2.89. The Bertz CT molecular complexity index is 493. The minimum atomic E-state index is -3.66. The predicted molar refractivity (Wildman–Crippen MR) is 68.9 cm³/mol. The summed E-state index contributed by atoms with van der Waals surface area (Å²) in [5.41, 5.74) is 0.935. The van der Waals surface area contributed by atoms with Gasteiger partial charge in [0.15, 0.2) is 9.84 Å². The summed E-state index contributed by atoms with van der Waals surface area (Å²) in [6.45, 7) is 5.19. The number of rotatable bonds is 6. The molecule has 1 rings (SSSR count). The number of allylic oxidation sites excluding steroid dienone is 1. The minimum Gasteiger partial charge on any atom is -0.389 e. The van der Waals surface area contributed by atoms with Crippen molar-refractivity contribution in [2.75, 3.05) is 5.75 Å². The van der Waals surface area contributed by atoms with E-state index in [1.54, 1.807) is 12.1 Å². The molecule has 18 heavy (non-hydrogen) atoms. The van der Waals surface area contributed by atoms with Gasteiger partial charge < -0.3 is 5.11 Å². The highest BCUT2D eigenvalue weighted by atomic mass is 32.2. The molecule has 1 aromatic rings. The normalized spacial score (nSPS) is 15.1. The Morgan fingerprint density at radius 3 is 2.44 bits per heavy atom. The van der Waals surface area contributed by atoms with Gasteiger partial charge in [0.05, 0.1) is 16.8 Å². The second kappa shape index (κ2) is 6.11. The molecule has 0 bridgehead atoms. The molecular weight excluding hydrogens is 255 g/mol. The Morgan fingerprint density at radius 2 is 1.94 bits per heavy atom. The number of aryl methyl sites for hydroxylation is 1. The zero-order valence-electron chi connectivity index (χ0n) is 10.2. The molecule has 0 fully saturated rings. The summed E-state index contributed by atoms with van der Waals surface area (Å²) in [6.07, 6.45) is -1.89. The predicted octanol–water partition coefficient (Wildman–Crippen LogP) is 2.04. The second-order valence-corrected chi connectivity index (χ2v) is 6.24. The van der Waals surface area contributed by atoms with Crippen LogP contribution in [0.2, 0.25) is 0 Å². The Balaban J connectivity index is 2.82. The molecule has 0 aromatic heterocycles. The molecule has 0 aliphatic rings. The zero-order chi connectivity index (χ0) is 13.8. The van der Waals surface area contributed by atoms with E-state index < -0.39 is 27.9 Å². The van der Waals surface area contributed by atoms with Gasteiger partial charge >= 0.3 is 0 Å². The summed E-state index contributed by atoms with van der Waals surface area (Å²) in [7, 11) is -3.66. The van der Waals surface area contributed by atoms with E-state index >= 15 is 0 Å². The van der Waals surface area contributed by atoms with Gasteiger partial charge in [0.1, 0.15) is 6.17 Å². The van der Waals surface area contributed by atoms with Crippen molar-refractivity contribution in [2.24, 2.45) is 0 Å². The van der Waals surface area contributed by atoms with Crippen LogP contribution in [0, 0.1) is 6.92 Å². The van der Waals surface area contributed by atoms with Gasteiger partial charge in [-0.05, 0) is 25.5 Å². The van der Waals surface area contributed by atoms with Gasteiger partial charge in [-0.1, -0.05) is 23.8 Å². The first-order chi connectivity index (χ1) is 8.36. The summed E-state index contributed by atoms with van der Waals surface area (Å²) in [4.78, 5) is 0.0953. The molecule has 0 unspecified atom stereocenters. The lowest BCUT2D eigenvalue weighted by molar-refractivity contribution is 0.0971. The smallest absolute Gasteiger partial charge is 0.181 e. The van der Waals surface area contributed by atoms with Gasteiger partial charge in [0.2, 0.25) is 0 Å². The molecule has 0 spiro atoms. The highest BCUT2D eigenvalue weighted by Gasteiger charge is 2.25. The van der Waals surface area contributed by atoms with Crippen molar-refractivity contribution >= 4 is 9.84 Å². The van der Waals surface area contributed by atoms with E-state index in [-0.39, 0.29) is 11.3 Å². The average molecular weight is 272 g/mol. The van der Waals surface area contributed by atoms with Gasteiger partial charge in [-0.2, -0.15) is 0 Å². The van der Waals surface area contributed by atoms with Crippen molar-refractivity contribution in [1.82, 2.24) is 0 Å². The number of alkyl halides is 1. The summed E-state index contributed by atoms with van der Waals surface area (Å²) in [6, 6.07) is 6.24. The molecule has 1 aromatic carbocycles. The Labute approximate surface area is 107 Å². The van der Waals surface area contributed by atoms with E-state index in [1.165, 1.54) is 18.2 Å². The summed E-state index contributed by atoms with van der Waals surface area (Å²) in [5.74, 6) is -0.620. The highest BCUT2D eigenvalue weighted by molar-refractivity contribution is 7.91. The van der Waals surface area contributed by atoms with Crippen LogP contribution < -0.4 is 0 Å². The van der Waals surface area contributed by atoms with Gasteiger partial charge in [0, 0.05) is 0 Å². The van der Waals surface area contributed by atoms with E-state index in [0.717, 1.165) is 5.56 Å². The molecule has 0 aliphatic heterocycles. The first kappa shape index (κ1) is 14.9. The fraction of sp³-hybridized carbons (Fsp3) is 0.385. The molecule has 0 radical (unpaired) electrons. The average Bonchev–Trinajstić information content (AvgIpc) is 2.29. The topological polar surface area (TPSA) is 54.4 Å². The number of sulfone groups is 1. The van der Waals surface area contributed by atoms with Crippen LogP contribution >= 0.6 is 0 Å². The highest BCUT2D eigenvalue weighted by Crippen LogP contribution is 2.16. The third-order valence-corrected chi connectivity index (χ3v) is 4.35. The van der Waals surface area contributed by atoms with Crippen LogP contribution in [-0.4, -0.2) is 31.6 Å². The van der Waals surface area contributed by atoms with E-state index in [2.05, 4.69) is 6.58 Å². The number of hydrogen-bond acceptors (Lipinski definition) is 3. The van der Waals surface area contributed by atoms with Crippen LogP contribution in [0.15, 0.2) is 41.8 Å². The van der Waals surface area contributed by atoms with Crippen molar-refractivity contribution in [1.29, 1.82) is 0 Å². The third-order valence-electron chi connectivity index (χ3n) is 2.58. The van der Waals surface area contributed by atoms with Gasteiger partial charge in [-0.25, -0.2) is 12.8 Å². The number of hydrogen-bond donors (Lipinski definition) is 1. The molecule has 0 amide bonds. The van der Waals surface area contributed by atoms with Crippen molar-refractivity contribution in [2.45, 2.75) is 30.5 Å². The second-order valence-electron chi connectivity index (χ2n) is 4.20. The number of halogens is 1. The largest absolute Gasteiger partial charge is 0.389 e. The fourth-order valence-electron chi connectivity index (χ4n) is 1.49. The van der Waals surface area contributed by atoms with E-state index in [9.17, 15) is 17.9 Å². The van der Waals surface area contributed by atoms with Crippen LogP contribution in [0.3, 0.4) is 0 Å². The van der Waals surface area contributed by atoms with Crippen molar-refractivity contribution in [3.05, 3.63) is 42.5 Å². The molecule has 0 heterocycles. The van der Waals surface area contributed by atoms with Crippen LogP contribution in [0.1, 0.15) is 12.0 Å². The molecule has 0 saturated carbocycles. The molecule has 2 atom stereocenters. The first-order valence-corrected chi connectivity index (χ1v) is 7.24. The Morgan fingerprint density at radius 1 is 1.39 bits per heavy atom. The summed E-state index contributed by atoms with van der Waals surface area (Å²) < 4.78 is 37.1. The van der Waals surface area contributed by atoms with Crippen LogP contribution in [0.4, 0.5) is 4.39 Å². The van der Waals surface area contributed by atoms with Crippen molar-refractivity contribution < 1.29 is 17.9 Å². The Kier molecular flexibility index (Phi) is 5.04. The zero-order valence-corrected chi connectivity index (χ0v) is 11.0. The maximum absolute atomic E-state index is 13.3. The molecule has 1 N–H and O–H groups in total. The molecule has 0 saturated heterocycles. The standard InChI is InChI=1S/C13H17FO3S/c1-3-4-12(14)13(15)9-18(16,17)11-7-5-10(2)6-8-11/h3,5-8,12-13,15H,1,4,9H2,2H3/t12-,13+/m1/s1. The number of aliphatic hydroxyl groups is 1. The lowest BCUT2D eigenvalue weighted by Crippen LogP contribution is -2.30. The molecular formula is C13H17FO3S. The quantitative estimate of drug-likeness (QED) is 0.806. The van der Waals surface area contributed by atoms with Crippen molar-refractivity contribution in [3.63, 3.8) is 0 Å². The van der Waals surface area contributed by atoms with Crippen LogP contribution in [0.25, 0.3) is 0 Å². The van der Waals surface area contributed by atoms with Gasteiger partial charge in [-0.15, -0.1) is 6.58 Å². The first-order valence-electron chi connectivity index (χ1n) is 5.59. The van der Waals surface area contributed by atoms with E-state index in [0.29, 0.717) is 0 Å². The van der Waals surface area contributed by atoms with E-state index in [4.69, 9.17) is 0 Å². The van der Waals surface area contributed by atoms with E-state index in [1.807, 2.05) is 6.92 Å². The number of aliphatic hydroxyl groups excluding tert-OH is 1. The van der Waals surface area contributed by atoms with Gasteiger partial charge in [-0.3, -0.25) is 0 Å². The maximum atomic E-state index is 13.3. The minimum absolute atomic E-state index is 0.0649. The molecule has 0 aliphatic carbocycles.